The molecule has 2 aromatic rings. The average Bonchev–Trinajstić information content (AvgIpc) is 3.07. The van der Waals surface area contributed by atoms with Gasteiger partial charge in [-0.3, -0.25) is 9.59 Å². The van der Waals surface area contributed by atoms with E-state index < -0.39 is 0 Å². The Morgan fingerprint density at radius 1 is 1.28 bits per heavy atom. The lowest BCUT2D eigenvalue weighted by Crippen LogP contribution is -2.34. The average molecular weight is 364 g/mol. The summed E-state index contributed by atoms with van der Waals surface area (Å²) in [5.41, 5.74) is 7.61. The zero-order valence-electron chi connectivity index (χ0n) is 13.9. The first-order chi connectivity index (χ1) is 11.7. The first-order valence-electron chi connectivity index (χ1n) is 8.11. The molecule has 6 nitrogen and oxygen atoms in total. The zero-order valence-corrected chi connectivity index (χ0v) is 14.7. The van der Waals surface area contributed by atoms with Crippen LogP contribution < -0.4 is 11.1 Å². The minimum Gasteiger partial charge on any atom is -0.467 e. The Morgan fingerprint density at radius 3 is 2.84 bits per heavy atom. The molecule has 1 aromatic heterocycles. The van der Waals surface area contributed by atoms with Gasteiger partial charge in [0.05, 0.1) is 12.1 Å². The molecule has 0 bridgehead atoms. The fraction of sp³-hybridized carbons (Fsp3) is 0.333. The molecule has 2 amide bonds. The third kappa shape index (κ3) is 4.84. The molecule has 1 aromatic carbocycles. The third-order valence-electron chi connectivity index (χ3n) is 4.10. The standard InChI is InChI=1S/C18H21N3O3.ClH/c19-10-16-9-14(12-24-16)18(23)20-15-5-3-4-13(8-15)11-21-7-2-1-6-17(21)22;/h3-5,8-9,12H,1-2,6-7,10-11,19H2,(H,20,23);1H. The van der Waals surface area contributed by atoms with Gasteiger partial charge in [0.25, 0.3) is 5.91 Å². The van der Waals surface area contributed by atoms with Crippen LogP contribution in [-0.2, 0) is 17.9 Å². The van der Waals surface area contributed by atoms with E-state index in [9.17, 15) is 9.59 Å². The maximum atomic E-state index is 12.2. The van der Waals surface area contributed by atoms with E-state index in [0.29, 0.717) is 30.0 Å². The van der Waals surface area contributed by atoms with Crippen molar-refractivity contribution in [2.24, 2.45) is 5.73 Å². The highest BCUT2D eigenvalue weighted by Crippen LogP contribution is 2.18. The molecule has 3 N–H and O–H groups in total. The zero-order chi connectivity index (χ0) is 16.9. The molecule has 0 spiro atoms. The Morgan fingerprint density at radius 2 is 2.12 bits per heavy atom. The number of carbonyl (C=O) groups excluding carboxylic acids is 2. The summed E-state index contributed by atoms with van der Waals surface area (Å²) in [6, 6.07) is 9.18. The van der Waals surface area contributed by atoms with Gasteiger partial charge in [-0.1, -0.05) is 12.1 Å². The summed E-state index contributed by atoms with van der Waals surface area (Å²) in [6.45, 7) is 1.63. The van der Waals surface area contributed by atoms with Crippen molar-refractivity contribution in [1.82, 2.24) is 4.90 Å². The maximum absolute atomic E-state index is 12.2. The number of rotatable bonds is 5. The molecule has 0 saturated carbocycles. The van der Waals surface area contributed by atoms with Gasteiger partial charge in [0.2, 0.25) is 5.91 Å². The Labute approximate surface area is 152 Å². The smallest absolute Gasteiger partial charge is 0.258 e. The third-order valence-corrected chi connectivity index (χ3v) is 4.10. The highest BCUT2D eigenvalue weighted by Gasteiger charge is 2.18. The normalized spacial score (nSPS) is 14.1. The quantitative estimate of drug-likeness (QED) is 0.854. The number of benzene rings is 1. The first-order valence-corrected chi connectivity index (χ1v) is 8.11. The minimum atomic E-state index is -0.246. The molecule has 0 unspecified atom stereocenters. The van der Waals surface area contributed by atoms with Gasteiger partial charge in [-0.25, -0.2) is 0 Å². The highest BCUT2D eigenvalue weighted by atomic mass is 35.5. The molecule has 25 heavy (non-hydrogen) atoms. The fourth-order valence-electron chi connectivity index (χ4n) is 2.81. The van der Waals surface area contributed by atoms with Crippen molar-refractivity contribution in [2.45, 2.75) is 32.4 Å². The van der Waals surface area contributed by atoms with Crippen molar-refractivity contribution in [2.75, 3.05) is 11.9 Å². The van der Waals surface area contributed by atoms with E-state index in [-0.39, 0.29) is 30.8 Å². The van der Waals surface area contributed by atoms with Crippen LogP contribution in [0.25, 0.3) is 0 Å². The molecule has 0 atom stereocenters. The molecule has 1 aliphatic heterocycles. The lowest BCUT2D eigenvalue weighted by molar-refractivity contribution is -0.133. The Kier molecular flexibility index (Phi) is 6.61. The summed E-state index contributed by atoms with van der Waals surface area (Å²) >= 11 is 0. The van der Waals surface area contributed by atoms with Crippen molar-refractivity contribution in [3.63, 3.8) is 0 Å². The van der Waals surface area contributed by atoms with E-state index in [1.54, 1.807) is 6.07 Å². The van der Waals surface area contributed by atoms with Crippen LogP contribution in [0.4, 0.5) is 5.69 Å². The van der Waals surface area contributed by atoms with Crippen LogP contribution in [0.15, 0.2) is 41.0 Å². The van der Waals surface area contributed by atoms with Gasteiger partial charge >= 0.3 is 0 Å². The van der Waals surface area contributed by atoms with Gasteiger partial charge < -0.3 is 20.4 Å². The van der Waals surface area contributed by atoms with Crippen LogP contribution >= 0.6 is 12.4 Å². The second-order valence-corrected chi connectivity index (χ2v) is 5.93. The van der Waals surface area contributed by atoms with E-state index >= 15 is 0 Å². The fourth-order valence-corrected chi connectivity index (χ4v) is 2.81. The molecule has 134 valence electrons. The number of halogens is 1. The van der Waals surface area contributed by atoms with Crippen LogP contribution in [-0.4, -0.2) is 23.3 Å². The van der Waals surface area contributed by atoms with Crippen molar-refractivity contribution in [1.29, 1.82) is 0 Å². The van der Waals surface area contributed by atoms with Crippen LogP contribution in [0.3, 0.4) is 0 Å². The van der Waals surface area contributed by atoms with Crippen LogP contribution in [0.1, 0.15) is 40.9 Å². The maximum Gasteiger partial charge on any atom is 0.258 e. The number of furan rings is 1. The number of amides is 2. The number of hydrogen-bond donors (Lipinski definition) is 2. The molecular weight excluding hydrogens is 342 g/mol. The number of nitrogens with two attached hydrogens (primary N) is 1. The lowest BCUT2D eigenvalue weighted by atomic mass is 10.1. The van der Waals surface area contributed by atoms with Crippen molar-refractivity contribution >= 4 is 29.9 Å². The van der Waals surface area contributed by atoms with E-state index in [0.717, 1.165) is 24.9 Å². The second-order valence-electron chi connectivity index (χ2n) is 5.93. The second kappa shape index (κ2) is 8.69. The molecule has 1 aliphatic rings. The Balaban J connectivity index is 0.00000225. The molecule has 7 heteroatoms. The number of carbonyl (C=O) groups is 2. The first kappa shape index (κ1) is 19.0. The number of likely N-dealkylation sites (tertiary alicyclic amines) is 1. The van der Waals surface area contributed by atoms with Crippen LogP contribution in [0, 0.1) is 0 Å². The predicted molar refractivity (Wildman–Crippen MR) is 97.5 cm³/mol. The van der Waals surface area contributed by atoms with E-state index in [2.05, 4.69) is 5.32 Å². The molecule has 2 heterocycles. The SMILES string of the molecule is Cl.NCc1cc(C(=O)Nc2cccc(CN3CCCCC3=O)c2)co1. The highest BCUT2D eigenvalue weighted by molar-refractivity contribution is 6.04. The van der Waals surface area contributed by atoms with Crippen molar-refractivity contribution < 1.29 is 14.0 Å². The summed E-state index contributed by atoms with van der Waals surface area (Å²) in [7, 11) is 0. The van der Waals surface area contributed by atoms with Gasteiger partial charge in [-0.2, -0.15) is 0 Å². The van der Waals surface area contributed by atoms with Gasteiger partial charge in [-0.05, 0) is 36.6 Å². The van der Waals surface area contributed by atoms with Gasteiger partial charge in [-0.15, -0.1) is 12.4 Å². The summed E-state index contributed by atoms with van der Waals surface area (Å²) in [5, 5.41) is 2.84. The van der Waals surface area contributed by atoms with Crippen molar-refractivity contribution in [3.8, 4) is 0 Å². The van der Waals surface area contributed by atoms with Gasteiger partial charge in [0.15, 0.2) is 0 Å². The lowest BCUT2D eigenvalue weighted by Gasteiger charge is -2.26. The number of hydrogen-bond acceptors (Lipinski definition) is 4. The predicted octanol–water partition coefficient (Wildman–Crippen LogP) is 2.92. The van der Waals surface area contributed by atoms with Crippen LogP contribution in [0.5, 0.6) is 0 Å². The summed E-state index contributed by atoms with van der Waals surface area (Å²) in [4.78, 5) is 26.0. The monoisotopic (exact) mass is 363 g/mol. The van der Waals surface area contributed by atoms with Crippen LogP contribution in [0.2, 0.25) is 0 Å². The molecule has 1 saturated heterocycles. The number of nitrogens with one attached hydrogen (secondary N) is 1. The van der Waals surface area contributed by atoms with E-state index in [1.165, 1.54) is 6.26 Å². The Bertz CT molecular complexity index is 745. The molecule has 0 radical (unpaired) electrons. The topological polar surface area (TPSA) is 88.6 Å². The molecule has 3 rings (SSSR count). The number of nitrogens with zero attached hydrogens (tertiary/aromatic N) is 1. The van der Waals surface area contributed by atoms with E-state index in [4.69, 9.17) is 10.2 Å². The van der Waals surface area contributed by atoms with Gasteiger partial charge in [0.1, 0.15) is 12.0 Å². The molecule has 0 aliphatic carbocycles. The Hall–Kier alpha value is -2.31. The number of anilines is 1. The summed E-state index contributed by atoms with van der Waals surface area (Å²) < 4.78 is 5.18. The largest absolute Gasteiger partial charge is 0.467 e. The summed E-state index contributed by atoms with van der Waals surface area (Å²) in [6.07, 6.45) is 4.04. The summed E-state index contributed by atoms with van der Waals surface area (Å²) in [5.74, 6) is 0.519. The number of piperidine rings is 1. The van der Waals surface area contributed by atoms with E-state index in [1.807, 2.05) is 29.2 Å². The minimum absolute atomic E-state index is 0. The molecule has 1 fully saturated rings. The van der Waals surface area contributed by atoms with Crippen molar-refractivity contribution in [3.05, 3.63) is 53.5 Å². The molecular formula is C18H22ClN3O3. The van der Waals surface area contributed by atoms with Gasteiger partial charge in [0, 0.05) is 25.2 Å².